The molecule has 3 fully saturated rings. The van der Waals surface area contributed by atoms with Gasteiger partial charge in [-0.2, -0.15) is 0 Å². The van der Waals surface area contributed by atoms with E-state index in [0.717, 1.165) is 18.3 Å². The van der Waals surface area contributed by atoms with Crippen LogP contribution in [0.25, 0.3) is 0 Å². The molecule has 21 heavy (non-hydrogen) atoms. The number of methoxy groups -OCH3 is 1. The molecule has 0 aromatic rings. The van der Waals surface area contributed by atoms with Crippen molar-refractivity contribution in [2.45, 2.75) is 50.5 Å². The molecule has 5 heteroatoms. The molecule has 4 unspecified atom stereocenters. The van der Waals surface area contributed by atoms with E-state index in [1.54, 1.807) is 12.0 Å². The third-order valence-electron chi connectivity index (χ3n) is 5.95. The van der Waals surface area contributed by atoms with Crippen LogP contribution in [0, 0.1) is 17.8 Å². The van der Waals surface area contributed by atoms with Gasteiger partial charge in [0.15, 0.2) is 0 Å². The minimum absolute atomic E-state index is 0.0981. The zero-order valence-electron chi connectivity index (χ0n) is 12.8. The number of fused-ring (bicyclic) bond motifs is 2. The first-order valence-electron chi connectivity index (χ1n) is 8.16. The molecule has 2 bridgehead atoms. The van der Waals surface area contributed by atoms with Gasteiger partial charge in [0.1, 0.15) is 5.54 Å². The van der Waals surface area contributed by atoms with Crippen molar-refractivity contribution in [2.75, 3.05) is 20.3 Å². The van der Waals surface area contributed by atoms with Crippen LogP contribution in [-0.2, 0) is 14.3 Å². The van der Waals surface area contributed by atoms with Gasteiger partial charge in [-0.15, -0.1) is 0 Å². The molecule has 0 radical (unpaired) electrons. The summed E-state index contributed by atoms with van der Waals surface area (Å²) in [4.78, 5) is 26.4. The molecule has 118 valence electrons. The Kier molecular flexibility index (Phi) is 3.95. The first-order valence-corrected chi connectivity index (χ1v) is 8.16. The first-order chi connectivity index (χ1) is 10.1. The van der Waals surface area contributed by atoms with Crippen LogP contribution in [0.4, 0.5) is 0 Å². The van der Waals surface area contributed by atoms with E-state index in [-0.39, 0.29) is 12.5 Å². The van der Waals surface area contributed by atoms with Gasteiger partial charge < -0.3 is 15.4 Å². The lowest BCUT2D eigenvalue weighted by Crippen LogP contribution is -2.59. The molecule has 1 saturated heterocycles. The lowest BCUT2D eigenvalue weighted by Gasteiger charge is -2.36. The number of ether oxygens (including phenoxy) is 1. The Morgan fingerprint density at radius 3 is 2.71 bits per heavy atom. The van der Waals surface area contributed by atoms with E-state index in [2.05, 4.69) is 0 Å². The zero-order chi connectivity index (χ0) is 15.0. The van der Waals surface area contributed by atoms with Crippen LogP contribution in [0.5, 0.6) is 0 Å². The van der Waals surface area contributed by atoms with Gasteiger partial charge in [0.05, 0.1) is 6.61 Å². The second kappa shape index (κ2) is 5.59. The predicted molar refractivity (Wildman–Crippen MR) is 78.3 cm³/mol. The van der Waals surface area contributed by atoms with E-state index in [4.69, 9.17) is 10.5 Å². The minimum atomic E-state index is -0.913. The van der Waals surface area contributed by atoms with Gasteiger partial charge in [-0.25, -0.2) is 0 Å². The number of rotatable bonds is 5. The summed E-state index contributed by atoms with van der Waals surface area (Å²) in [7, 11) is 1.56. The number of carbonyl (C=O) groups is 2. The molecule has 1 heterocycles. The Bertz CT molecular complexity index is 439. The van der Waals surface area contributed by atoms with Crippen LogP contribution in [0.3, 0.4) is 0 Å². The van der Waals surface area contributed by atoms with Crippen molar-refractivity contribution < 1.29 is 14.3 Å². The number of carbonyl (C=O) groups excluding carboxylic acids is 2. The molecule has 2 aliphatic carbocycles. The summed E-state index contributed by atoms with van der Waals surface area (Å²) in [5.74, 6) is 1.76. The van der Waals surface area contributed by atoms with Crippen LogP contribution in [-0.4, -0.2) is 42.5 Å². The fourth-order valence-electron chi connectivity index (χ4n) is 4.92. The smallest absolute Gasteiger partial charge is 0.245 e. The summed E-state index contributed by atoms with van der Waals surface area (Å²) in [6.07, 6.45) is 7.15. The predicted octanol–water partition coefficient (Wildman–Crippen LogP) is 1.31. The number of nitrogens with two attached hydrogens (primary N) is 1. The highest BCUT2D eigenvalue weighted by Gasteiger charge is 2.49. The van der Waals surface area contributed by atoms with E-state index in [1.807, 2.05) is 0 Å². The minimum Gasteiger partial charge on any atom is -0.382 e. The summed E-state index contributed by atoms with van der Waals surface area (Å²) in [6.45, 7) is 0.844. The molecular formula is C16H26N2O3. The standard InChI is InChI=1S/C16H26N2O3/c1-21-10-16(15(17)20)5-2-6-18(16)14(19)9-13-8-11-3-4-12(13)7-11/h11-13H,2-10H2,1H3,(H2,17,20). The molecule has 0 aromatic heterocycles. The van der Waals surface area contributed by atoms with Crippen molar-refractivity contribution in [3.8, 4) is 0 Å². The Hall–Kier alpha value is -1.10. The van der Waals surface area contributed by atoms with Crippen molar-refractivity contribution in [3.63, 3.8) is 0 Å². The molecule has 0 aromatic carbocycles. The maximum atomic E-state index is 12.7. The largest absolute Gasteiger partial charge is 0.382 e. The van der Waals surface area contributed by atoms with Crippen molar-refractivity contribution >= 4 is 11.8 Å². The van der Waals surface area contributed by atoms with E-state index in [9.17, 15) is 9.59 Å². The Labute approximate surface area is 126 Å². The second-order valence-electron chi connectivity index (χ2n) is 7.12. The third-order valence-corrected chi connectivity index (χ3v) is 5.95. The Morgan fingerprint density at radius 2 is 2.14 bits per heavy atom. The Balaban J connectivity index is 1.69. The van der Waals surface area contributed by atoms with Gasteiger partial charge in [0.2, 0.25) is 11.8 Å². The van der Waals surface area contributed by atoms with Crippen LogP contribution in [0.1, 0.15) is 44.9 Å². The first kappa shape index (κ1) is 14.8. The normalized spacial score (nSPS) is 38.1. The number of hydrogen-bond acceptors (Lipinski definition) is 3. The molecule has 3 rings (SSSR count). The van der Waals surface area contributed by atoms with Crippen LogP contribution < -0.4 is 5.73 Å². The summed E-state index contributed by atoms with van der Waals surface area (Å²) in [5, 5.41) is 0. The SMILES string of the molecule is COCC1(C(N)=O)CCCN1C(=O)CC1CC2CCC1C2. The van der Waals surface area contributed by atoms with Crippen molar-refractivity contribution in [1.82, 2.24) is 4.90 Å². The topological polar surface area (TPSA) is 72.6 Å². The van der Waals surface area contributed by atoms with Crippen molar-refractivity contribution in [1.29, 1.82) is 0 Å². The fourth-order valence-corrected chi connectivity index (χ4v) is 4.92. The zero-order valence-corrected chi connectivity index (χ0v) is 12.8. The summed E-state index contributed by atoms with van der Waals surface area (Å²) < 4.78 is 5.20. The van der Waals surface area contributed by atoms with Crippen LogP contribution >= 0.6 is 0 Å². The van der Waals surface area contributed by atoms with Gasteiger partial charge in [0.25, 0.3) is 0 Å². The number of primary amides is 1. The molecule has 4 atom stereocenters. The maximum Gasteiger partial charge on any atom is 0.245 e. The molecule has 5 nitrogen and oxygen atoms in total. The fraction of sp³-hybridized carbons (Fsp3) is 0.875. The van der Waals surface area contributed by atoms with Gasteiger partial charge in [-0.3, -0.25) is 9.59 Å². The number of hydrogen-bond donors (Lipinski definition) is 1. The third kappa shape index (κ3) is 2.45. The number of amides is 2. The maximum absolute atomic E-state index is 12.7. The molecule has 2 N–H and O–H groups in total. The van der Waals surface area contributed by atoms with Crippen LogP contribution in [0.15, 0.2) is 0 Å². The molecule has 0 spiro atoms. The van der Waals surface area contributed by atoms with E-state index in [1.165, 1.54) is 25.7 Å². The molecule has 2 saturated carbocycles. The van der Waals surface area contributed by atoms with Crippen LogP contribution in [0.2, 0.25) is 0 Å². The van der Waals surface area contributed by atoms with E-state index < -0.39 is 11.4 Å². The summed E-state index contributed by atoms with van der Waals surface area (Å²) in [6, 6.07) is 0. The van der Waals surface area contributed by atoms with Gasteiger partial charge in [-0.05, 0) is 49.9 Å². The van der Waals surface area contributed by atoms with Crippen molar-refractivity contribution in [3.05, 3.63) is 0 Å². The monoisotopic (exact) mass is 294 g/mol. The lowest BCUT2D eigenvalue weighted by molar-refractivity contribution is -0.147. The average molecular weight is 294 g/mol. The molecular weight excluding hydrogens is 268 g/mol. The number of likely N-dealkylation sites (tertiary alicyclic amines) is 1. The summed E-state index contributed by atoms with van der Waals surface area (Å²) in [5.41, 5.74) is 4.69. The van der Waals surface area contributed by atoms with E-state index in [0.29, 0.717) is 25.3 Å². The van der Waals surface area contributed by atoms with Gasteiger partial charge in [-0.1, -0.05) is 6.42 Å². The quantitative estimate of drug-likeness (QED) is 0.831. The lowest BCUT2D eigenvalue weighted by atomic mass is 9.85. The Morgan fingerprint density at radius 1 is 1.33 bits per heavy atom. The summed E-state index contributed by atoms with van der Waals surface area (Å²) >= 11 is 0. The molecule has 1 aliphatic heterocycles. The average Bonchev–Trinajstić information content (AvgIpc) is 3.13. The number of nitrogens with zero attached hydrogens (tertiary/aromatic N) is 1. The van der Waals surface area contributed by atoms with E-state index >= 15 is 0 Å². The van der Waals surface area contributed by atoms with Crippen molar-refractivity contribution in [2.24, 2.45) is 23.5 Å². The molecule has 3 aliphatic rings. The highest BCUT2D eigenvalue weighted by Crippen LogP contribution is 2.50. The highest BCUT2D eigenvalue weighted by atomic mass is 16.5. The van der Waals surface area contributed by atoms with Gasteiger partial charge in [0, 0.05) is 20.1 Å². The molecule has 2 amide bonds. The second-order valence-corrected chi connectivity index (χ2v) is 7.12. The highest BCUT2D eigenvalue weighted by molar-refractivity contribution is 5.91. The van der Waals surface area contributed by atoms with Gasteiger partial charge >= 0.3 is 0 Å².